The summed E-state index contributed by atoms with van der Waals surface area (Å²) in [5, 5.41) is 2.72. The van der Waals surface area contributed by atoms with Crippen LogP contribution >= 0.6 is 0 Å². The van der Waals surface area contributed by atoms with Gasteiger partial charge in [0, 0.05) is 24.7 Å². The lowest BCUT2D eigenvalue weighted by Crippen LogP contribution is -2.45. The Balaban J connectivity index is 1.50. The van der Waals surface area contributed by atoms with Gasteiger partial charge in [0.05, 0.1) is 5.92 Å². The predicted octanol–water partition coefficient (Wildman–Crippen LogP) is 3.15. The minimum Gasteiger partial charge on any atom is -0.455 e. The Kier molecular flexibility index (Phi) is 6.37. The number of likely N-dealkylation sites (tertiary alicyclic amines) is 1. The first-order chi connectivity index (χ1) is 13.3. The van der Waals surface area contributed by atoms with Gasteiger partial charge in [0.1, 0.15) is 0 Å². The standard InChI is InChI=1S/C22H30N2O4/c1-14-6-4-8-18(10-14)23-20(25)13-28-22(27)17-11-21(26)24(12-17)19-9-5-7-15(2)16(19)3/h4,6,8,10,15-17,19H,5,7,9,11-13H2,1-3H3,(H,23,25)/t15-,16-,17+,19+/m0/s1. The minimum absolute atomic E-state index is 0.0251. The first-order valence-electron chi connectivity index (χ1n) is 10.2. The van der Waals surface area contributed by atoms with Gasteiger partial charge in [0.15, 0.2) is 6.61 Å². The van der Waals surface area contributed by atoms with E-state index in [9.17, 15) is 14.4 Å². The van der Waals surface area contributed by atoms with E-state index < -0.39 is 11.9 Å². The van der Waals surface area contributed by atoms with E-state index in [0.29, 0.717) is 24.1 Å². The Morgan fingerprint density at radius 1 is 1.25 bits per heavy atom. The molecule has 0 unspecified atom stereocenters. The maximum Gasteiger partial charge on any atom is 0.311 e. The van der Waals surface area contributed by atoms with Crippen molar-refractivity contribution in [1.29, 1.82) is 0 Å². The zero-order valence-corrected chi connectivity index (χ0v) is 16.9. The molecule has 1 heterocycles. The van der Waals surface area contributed by atoms with E-state index in [0.717, 1.165) is 18.4 Å². The van der Waals surface area contributed by atoms with Crippen molar-refractivity contribution < 1.29 is 19.1 Å². The van der Waals surface area contributed by atoms with Crippen molar-refractivity contribution in [1.82, 2.24) is 4.90 Å². The molecule has 1 N–H and O–H groups in total. The first-order valence-corrected chi connectivity index (χ1v) is 10.2. The summed E-state index contributed by atoms with van der Waals surface area (Å²) in [5.41, 5.74) is 1.70. The third kappa shape index (κ3) is 4.72. The number of ether oxygens (including phenoxy) is 1. The van der Waals surface area contributed by atoms with Gasteiger partial charge in [0.25, 0.3) is 5.91 Å². The zero-order chi connectivity index (χ0) is 20.3. The van der Waals surface area contributed by atoms with Gasteiger partial charge in [-0.15, -0.1) is 0 Å². The first kappa shape index (κ1) is 20.4. The van der Waals surface area contributed by atoms with Gasteiger partial charge in [-0.3, -0.25) is 14.4 Å². The average molecular weight is 386 g/mol. The maximum atomic E-state index is 12.5. The largest absolute Gasteiger partial charge is 0.455 e. The van der Waals surface area contributed by atoms with Crippen LogP contribution in [0.15, 0.2) is 24.3 Å². The van der Waals surface area contributed by atoms with Crippen LogP contribution in [-0.4, -0.2) is 41.9 Å². The van der Waals surface area contributed by atoms with E-state index in [2.05, 4.69) is 19.2 Å². The second-order valence-electron chi connectivity index (χ2n) is 8.31. The molecule has 6 heteroatoms. The molecule has 1 aromatic carbocycles. The fourth-order valence-electron chi connectivity index (χ4n) is 4.38. The molecule has 152 valence electrons. The Labute approximate surface area is 166 Å². The third-order valence-electron chi connectivity index (χ3n) is 6.20. The van der Waals surface area contributed by atoms with Gasteiger partial charge in [-0.05, 0) is 42.9 Å². The predicted molar refractivity (Wildman–Crippen MR) is 107 cm³/mol. The highest BCUT2D eigenvalue weighted by Crippen LogP contribution is 2.35. The molecule has 1 aliphatic carbocycles. The molecule has 6 nitrogen and oxygen atoms in total. The number of aryl methyl sites for hydroxylation is 1. The van der Waals surface area contributed by atoms with E-state index in [1.165, 1.54) is 6.42 Å². The van der Waals surface area contributed by atoms with E-state index in [-0.39, 0.29) is 30.9 Å². The minimum atomic E-state index is -0.483. The molecule has 1 saturated carbocycles. The van der Waals surface area contributed by atoms with Crippen LogP contribution in [0.3, 0.4) is 0 Å². The maximum absolute atomic E-state index is 12.5. The number of esters is 1. The quantitative estimate of drug-likeness (QED) is 0.789. The fraction of sp³-hybridized carbons (Fsp3) is 0.591. The molecular weight excluding hydrogens is 356 g/mol. The van der Waals surface area contributed by atoms with Crippen LogP contribution in [0.4, 0.5) is 5.69 Å². The molecule has 2 aliphatic rings. The van der Waals surface area contributed by atoms with Crippen molar-refractivity contribution in [2.45, 2.75) is 52.5 Å². The van der Waals surface area contributed by atoms with Gasteiger partial charge < -0.3 is 15.0 Å². The average Bonchev–Trinajstić information content (AvgIpc) is 3.04. The number of hydrogen-bond donors (Lipinski definition) is 1. The van der Waals surface area contributed by atoms with E-state index in [1.807, 2.05) is 30.0 Å². The van der Waals surface area contributed by atoms with Crippen LogP contribution in [-0.2, 0) is 19.1 Å². The molecule has 0 bridgehead atoms. The van der Waals surface area contributed by atoms with Crippen molar-refractivity contribution in [3.63, 3.8) is 0 Å². The number of rotatable bonds is 5. The summed E-state index contributed by atoms with van der Waals surface area (Å²) in [6.45, 7) is 6.43. The van der Waals surface area contributed by atoms with Crippen LogP contribution < -0.4 is 5.32 Å². The number of carbonyl (C=O) groups is 3. The van der Waals surface area contributed by atoms with Gasteiger partial charge in [-0.1, -0.05) is 38.8 Å². The SMILES string of the molecule is Cc1cccc(NC(=O)COC(=O)[C@@H]2CC(=O)N([C@@H]3CCC[C@H](C)[C@@H]3C)C2)c1. The number of hydrogen-bond acceptors (Lipinski definition) is 4. The monoisotopic (exact) mass is 386 g/mol. The van der Waals surface area contributed by atoms with Crippen molar-refractivity contribution in [2.75, 3.05) is 18.5 Å². The molecule has 1 saturated heterocycles. The molecular formula is C22H30N2O4. The highest BCUT2D eigenvalue weighted by molar-refractivity contribution is 5.93. The molecule has 0 aromatic heterocycles. The molecule has 1 aromatic rings. The van der Waals surface area contributed by atoms with Crippen LogP contribution in [0, 0.1) is 24.7 Å². The normalized spacial score (nSPS) is 27.5. The summed E-state index contributed by atoms with van der Waals surface area (Å²) in [6.07, 6.45) is 3.49. The van der Waals surface area contributed by atoms with Crippen LogP contribution in [0.25, 0.3) is 0 Å². The Morgan fingerprint density at radius 2 is 2.04 bits per heavy atom. The van der Waals surface area contributed by atoms with E-state index in [4.69, 9.17) is 4.74 Å². The summed E-state index contributed by atoms with van der Waals surface area (Å²) < 4.78 is 5.19. The van der Waals surface area contributed by atoms with Crippen molar-refractivity contribution in [2.24, 2.45) is 17.8 Å². The van der Waals surface area contributed by atoms with E-state index in [1.54, 1.807) is 6.07 Å². The molecule has 28 heavy (non-hydrogen) atoms. The highest BCUT2D eigenvalue weighted by atomic mass is 16.5. The molecule has 0 radical (unpaired) electrons. The smallest absolute Gasteiger partial charge is 0.311 e. The number of benzene rings is 1. The number of nitrogens with zero attached hydrogens (tertiary/aromatic N) is 1. The molecule has 2 amide bonds. The van der Waals surface area contributed by atoms with Crippen LogP contribution in [0.5, 0.6) is 0 Å². The number of amides is 2. The van der Waals surface area contributed by atoms with E-state index >= 15 is 0 Å². The molecule has 2 fully saturated rings. The lowest BCUT2D eigenvalue weighted by Gasteiger charge is -2.39. The highest BCUT2D eigenvalue weighted by Gasteiger charge is 2.42. The zero-order valence-electron chi connectivity index (χ0n) is 16.9. The van der Waals surface area contributed by atoms with Gasteiger partial charge >= 0.3 is 5.97 Å². The Bertz CT molecular complexity index is 748. The summed E-state index contributed by atoms with van der Waals surface area (Å²) in [5.74, 6) is -0.280. The lowest BCUT2D eigenvalue weighted by molar-refractivity contribution is -0.151. The number of nitrogens with one attached hydrogen (secondary N) is 1. The topological polar surface area (TPSA) is 75.7 Å². The van der Waals surface area contributed by atoms with Crippen LogP contribution in [0.1, 0.15) is 45.1 Å². The summed E-state index contributed by atoms with van der Waals surface area (Å²) in [7, 11) is 0. The van der Waals surface area contributed by atoms with Crippen molar-refractivity contribution in [3.05, 3.63) is 29.8 Å². The number of carbonyl (C=O) groups excluding carboxylic acids is 3. The molecule has 3 rings (SSSR count). The van der Waals surface area contributed by atoms with Crippen LogP contribution in [0.2, 0.25) is 0 Å². The molecule has 1 aliphatic heterocycles. The molecule has 4 atom stereocenters. The Morgan fingerprint density at radius 3 is 2.79 bits per heavy atom. The molecule has 0 spiro atoms. The van der Waals surface area contributed by atoms with Gasteiger partial charge in [0.2, 0.25) is 5.91 Å². The fourth-order valence-corrected chi connectivity index (χ4v) is 4.38. The van der Waals surface area contributed by atoms with Gasteiger partial charge in [-0.25, -0.2) is 0 Å². The van der Waals surface area contributed by atoms with Crippen molar-refractivity contribution in [3.8, 4) is 0 Å². The summed E-state index contributed by atoms with van der Waals surface area (Å²) in [6, 6.07) is 7.63. The summed E-state index contributed by atoms with van der Waals surface area (Å²) in [4.78, 5) is 38.8. The second-order valence-corrected chi connectivity index (χ2v) is 8.31. The summed E-state index contributed by atoms with van der Waals surface area (Å²) >= 11 is 0. The number of anilines is 1. The second kappa shape index (κ2) is 8.76. The third-order valence-corrected chi connectivity index (χ3v) is 6.20. The van der Waals surface area contributed by atoms with Gasteiger partial charge in [-0.2, -0.15) is 0 Å². The Hall–Kier alpha value is -2.37. The lowest BCUT2D eigenvalue weighted by atomic mass is 9.77. The van der Waals surface area contributed by atoms with Crippen molar-refractivity contribution >= 4 is 23.5 Å².